The van der Waals surface area contributed by atoms with E-state index in [4.69, 9.17) is 9.47 Å². The van der Waals surface area contributed by atoms with Gasteiger partial charge in [0.25, 0.3) is 0 Å². The van der Waals surface area contributed by atoms with E-state index in [1.807, 2.05) is 68.4 Å². The Hall–Kier alpha value is -3.47. The molecule has 0 aliphatic heterocycles. The Morgan fingerprint density at radius 1 is 0.938 bits per heavy atom. The van der Waals surface area contributed by atoms with Crippen molar-refractivity contribution >= 4 is 17.3 Å². The molecule has 0 bridgehead atoms. The number of nitrogens with one attached hydrogen (secondary N) is 2. The Kier molecular flexibility index (Phi) is 8.14. The van der Waals surface area contributed by atoms with Crippen molar-refractivity contribution in [2.24, 2.45) is 5.92 Å². The van der Waals surface area contributed by atoms with Crippen molar-refractivity contribution in [3.05, 3.63) is 83.4 Å². The summed E-state index contributed by atoms with van der Waals surface area (Å²) >= 11 is 0. The summed E-state index contributed by atoms with van der Waals surface area (Å²) in [5.74, 6) is 1.78. The fraction of sp³-hybridized carbons (Fsp3) is 0.296. The molecule has 5 nitrogen and oxygen atoms in total. The molecule has 0 spiro atoms. The fourth-order valence-electron chi connectivity index (χ4n) is 3.36. The van der Waals surface area contributed by atoms with E-state index in [9.17, 15) is 4.79 Å². The first kappa shape index (κ1) is 23.2. The minimum Gasteiger partial charge on any atom is -0.493 e. The average Bonchev–Trinajstić information content (AvgIpc) is 2.77. The van der Waals surface area contributed by atoms with E-state index in [2.05, 4.69) is 29.7 Å². The lowest BCUT2D eigenvalue weighted by Gasteiger charge is -2.14. The molecule has 0 saturated carbocycles. The van der Waals surface area contributed by atoms with Gasteiger partial charge in [-0.25, -0.2) is 0 Å². The van der Waals surface area contributed by atoms with E-state index < -0.39 is 0 Å². The number of methoxy groups -OCH3 is 1. The number of aryl methyl sites for hydroxylation is 1. The van der Waals surface area contributed by atoms with Gasteiger partial charge in [-0.15, -0.1) is 0 Å². The number of benzene rings is 3. The van der Waals surface area contributed by atoms with Crippen LogP contribution in [0.25, 0.3) is 0 Å². The van der Waals surface area contributed by atoms with Crippen molar-refractivity contribution in [3.63, 3.8) is 0 Å². The Morgan fingerprint density at radius 2 is 1.72 bits per heavy atom. The molecule has 0 aromatic heterocycles. The highest BCUT2D eigenvalue weighted by molar-refractivity contribution is 5.91. The van der Waals surface area contributed by atoms with E-state index in [0.717, 1.165) is 28.3 Å². The molecule has 5 heteroatoms. The Labute approximate surface area is 190 Å². The number of carbonyl (C=O) groups is 1. The molecule has 0 aliphatic rings. The molecule has 0 radical (unpaired) electrons. The summed E-state index contributed by atoms with van der Waals surface area (Å²) in [5, 5.41) is 6.36. The van der Waals surface area contributed by atoms with Gasteiger partial charge in [0.2, 0.25) is 5.91 Å². The van der Waals surface area contributed by atoms with Gasteiger partial charge in [-0.05, 0) is 59.9 Å². The van der Waals surface area contributed by atoms with Gasteiger partial charge in [-0.1, -0.05) is 50.2 Å². The largest absolute Gasteiger partial charge is 0.493 e. The molecule has 3 aromatic carbocycles. The summed E-state index contributed by atoms with van der Waals surface area (Å²) in [6.07, 6.45) is 0.510. The molecular weight excluding hydrogens is 400 g/mol. The molecule has 0 saturated heterocycles. The second-order valence-electron chi connectivity index (χ2n) is 8.28. The number of carbonyl (C=O) groups excluding carboxylic acids is 1. The molecule has 32 heavy (non-hydrogen) atoms. The lowest BCUT2D eigenvalue weighted by atomic mass is 10.1. The maximum absolute atomic E-state index is 12.0. The lowest BCUT2D eigenvalue weighted by Crippen LogP contribution is -2.13. The Balaban J connectivity index is 1.60. The van der Waals surface area contributed by atoms with Gasteiger partial charge >= 0.3 is 0 Å². The summed E-state index contributed by atoms with van der Waals surface area (Å²) in [6.45, 7) is 7.26. The second-order valence-corrected chi connectivity index (χ2v) is 8.28. The molecule has 2 N–H and O–H groups in total. The van der Waals surface area contributed by atoms with Crippen LogP contribution in [0.2, 0.25) is 0 Å². The van der Waals surface area contributed by atoms with Gasteiger partial charge in [0.05, 0.1) is 7.11 Å². The van der Waals surface area contributed by atoms with Gasteiger partial charge in [-0.2, -0.15) is 0 Å². The summed E-state index contributed by atoms with van der Waals surface area (Å²) in [6, 6.07) is 21.9. The summed E-state index contributed by atoms with van der Waals surface area (Å²) in [7, 11) is 1.65. The highest BCUT2D eigenvalue weighted by Gasteiger charge is 2.08. The molecular formula is C27H32N2O3. The van der Waals surface area contributed by atoms with Crippen LogP contribution in [0.3, 0.4) is 0 Å². The smallest absolute Gasteiger partial charge is 0.224 e. The quantitative estimate of drug-likeness (QED) is 0.402. The van der Waals surface area contributed by atoms with E-state index in [1.54, 1.807) is 7.11 Å². The molecule has 1 amide bonds. The molecule has 3 aromatic rings. The Bertz CT molecular complexity index is 1050. The first-order valence-corrected chi connectivity index (χ1v) is 10.9. The van der Waals surface area contributed by atoms with Gasteiger partial charge < -0.3 is 20.1 Å². The monoisotopic (exact) mass is 432 g/mol. The van der Waals surface area contributed by atoms with Crippen LogP contribution >= 0.6 is 0 Å². The van der Waals surface area contributed by atoms with Crippen LogP contribution in [0.15, 0.2) is 66.7 Å². The van der Waals surface area contributed by atoms with Gasteiger partial charge in [0.15, 0.2) is 11.5 Å². The Morgan fingerprint density at radius 3 is 2.47 bits per heavy atom. The number of hydrogen-bond acceptors (Lipinski definition) is 4. The van der Waals surface area contributed by atoms with Crippen molar-refractivity contribution in [1.82, 2.24) is 0 Å². The summed E-state index contributed by atoms with van der Waals surface area (Å²) < 4.78 is 11.6. The zero-order valence-corrected chi connectivity index (χ0v) is 19.3. The van der Waals surface area contributed by atoms with E-state index in [0.29, 0.717) is 31.2 Å². The van der Waals surface area contributed by atoms with Crippen molar-refractivity contribution in [2.45, 2.75) is 40.3 Å². The molecule has 0 fully saturated rings. The van der Waals surface area contributed by atoms with Crippen LogP contribution in [0.5, 0.6) is 11.5 Å². The minimum absolute atomic E-state index is 0.0307. The van der Waals surface area contributed by atoms with Crippen LogP contribution < -0.4 is 20.1 Å². The first-order chi connectivity index (χ1) is 15.4. The summed E-state index contributed by atoms with van der Waals surface area (Å²) in [5.41, 5.74) is 5.15. The fourth-order valence-corrected chi connectivity index (χ4v) is 3.36. The number of anilines is 2. The van der Waals surface area contributed by atoms with Gasteiger partial charge in [0, 0.05) is 24.3 Å². The SMILES string of the molecule is COc1cc(CNc2cccc(NC(=O)CC(C)C)c2)ccc1OCc1ccccc1C. The maximum atomic E-state index is 12.0. The number of hydrogen-bond donors (Lipinski definition) is 2. The maximum Gasteiger partial charge on any atom is 0.224 e. The van der Waals surface area contributed by atoms with Crippen molar-refractivity contribution in [1.29, 1.82) is 0 Å². The third-order valence-electron chi connectivity index (χ3n) is 5.11. The molecule has 0 unspecified atom stereocenters. The average molecular weight is 433 g/mol. The highest BCUT2D eigenvalue weighted by atomic mass is 16.5. The van der Waals surface area contributed by atoms with E-state index in [1.165, 1.54) is 5.56 Å². The van der Waals surface area contributed by atoms with Crippen molar-refractivity contribution in [2.75, 3.05) is 17.7 Å². The number of amides is 1. The number of rotatable bonds is 10. The standard InChI is InChI=1S/C27H32N2O3/c1-19(2)14-27(30)29-24-11-7-10-23(16-24)28-17-21-12-13-25(26(15-21)31-4)32-18-22-9-6-5-8-20(22)3/h5-13,15-16,19,28H,14,17-18H2,1-4H3,(H,29,30). The van der Waals surface area contributed by atoms with E-state index in [-0.39, 0.29) is 5.91 Å². The highest BCUT2D eigenvalue weighted by Crippen LogP contribution is 2.29. The predicted octanol–water partition coefficient (Wildman–Crippen LogP) is 6.18. The predicted molar refractivity (Wildman–Crippen MR) is 130 cm³/mol. The van der Waals surface area contributed by atoms with Crippen molar-refractivity contribution < 1.29 is 14.3 Å². The second kappa shape index (κ2) is 11.2. The molecule has 168 valence electrons. The summed E-state index contributed by atoms with van der Waals surface area (Å²) in [4.78, 5) is 12.0. The number of ether oxygens (including phenoxy) is 2. The van der Waals surface area contributed by atoms with E-state index >= 15 is 0 Å². The third kappa shape index (κ3) is 6.77. The van der Waals surface area contributed by atoms with Crippen LogP contribution in [-0.2, 0) is 17.9 Å². The van der Waals surface area contributed by atoms with Crippen LogP contribution in [0.4, 0.5) is 11.4 Å². The molecule has 3 rings (SSSR count). The zero-order chi connectivity index (χ0) is 22.9. The molecule has 0 aliphatic carbocycles. The third-order valence-corrected chi connectivity index (χ3v) is 5.11. The normalized spacial score (nSPS) is 10.7. The minimum atomic E-state index is 0.0307. The van der Waals surface area contributed by atoms with Crippen LogP contribution in [0, 0.1) is 12.8 Å². The topological polar surface area (TPSA) is 59.6 Å². The van der Waals surface area contributed by atoms with Crippen LogP contribution in [-0.4, -0.2) is 13.0 Å². The first-order valence-electron chi connectivity index (χ1n) is 10.9. The lowest BCUT2D eigenvalue weighted by molar-refractivity contribution is -0.116. The zero-order valence-electron chi connectivity index (χ0n) is 19.3. The van der Waals surface area contributed by atoms with Gasteiger partial charge in [0.1, 0.15) is 6.61 Å². The van der Waals surface area contributed by atoms with Crippen LogP contribution in [0.1, 0.15) is 37.0 Å². The van der Waals surface area contributed by atoms with Gasteiger partial charge in [-0.3, -0.25) is 4.79 Å². The van der Waals surface area contributed by atoms with Crippen molar-refractivity contribution in [3.8, 4) is 11.5 Å². The molecule has 0 atom stereocenters. The molecule has 0 heterocycles.